The van der Waals surface area contributed by atoms with Gasteiger partial charge in [0.1, 0.15) is 5.41 Å². The van der Waals surface area contributed by atoms with Crippen molar-refractivity contribution in [2.45, 2.75) is 71.8 Å². The summed E-state index contributed by atoms with van der Waals surface area (Å²) in [5.74, 6) is -0.224. The second-order valence-electron chi connectivity index (χ2n) is 5.92. The van der Waals surface area contributed by atoms with Crippen LogP contribution in [0, 0.1) is 0 Å². The first kappa shape index (κ1) is 18.0. The van der Waals surface area contributed by atoms with Gasteiger partial charge in [0.25, 0.3) is 0 Å². The van der Waals surface area contributed by atoms with Crippen molar-refractivity contribution in [1.29, 1.82) is 0 Å². The molecule has 5 heteroatoms. The first-order chi connectivity index (χ1) is 9.91. The highest BCUT2D eigenvalue weighted by atomic mass is 32.1. The van der Waals surface area contributed by atoms with E-state index >= 15 is 0 Å². The normalized spacial score (nSPS) is 13.0. The van der Waals surface area contributed by atoms with Gasteiger partial charge in [0.2, 0.25) is 0 Å². The summed E-state index contributed by atoms with van der Waals surface area (Å²) in [6.45, 7) is 10.3. The molecule has 0 radical (unpaired) electrons. The summed E-state index contributed by atoms with van der Waals surface area (Å²) in [7, 11) is 0. The summed E-state index contributed by atoms with van der Waals surface area (Å²) in [6.07, 6.45) is 4.88. The molecule has 0 amide bonds. The van der Waals surface area contributed by atoms with Crippen LogP contribution in [0.15, 0.2) is 5.38 Å². The van der Waals surface area contributed by atoms with Crippen LogP contribution in [-0.2, 0) is 14.9 Å². The molecule has 0 aliphatic heterocycles. The maximum absolute atomic E-state index is 12.0. The minimum atomic E-state index is -0.697. The van der Waals surface area contributed by atoms with E-state index in [-0.39, 0.29) is 5.97 Å². The molecule has 0 saturated heterocycles. The topological polar surface area (TPSA) is 51.2 Å². The molecule has 1 atom stereocenters. The van der Waals surface area contributed by atoms with E-state index in [1.165, 1.54) is 19.3 Å². The van der Waals surface area contributed by atoms with Gasteiger partial charge in [0, 0.05) is 11.4 Å². The van der Waals surface area contributed by atoms with E-state index in [0.717, 1.165) is 17.2 Å². The lowest BCUT2D eigenvalue weighted by atomic mass is 9.90. The van der Waals surface area contributed by atoms with Crippen molar-refractivity contribution in [3.8, 4) is 0 Å². The molecule has 1 aromatic rings. The highest BCUT2D eigenvalue weighted by Gasteiger charge is 2.34. The number of anilines is 1. The largest absolute Gasteiger partial charge is 0.465 e. The standard InChI is InChI=1S/C16H28N2O2S/c1-6-8-9-10-12(3)17-15-18-13(11-21-15)16(4,5)14(19)20-7-2/h11-12H,6-10H2,1-5H3,(H,17,18). The number of aromatic nitrogens is 1. The number of rotatable bonds is 9. The Labute approximate surface area is 132 Å². The molecule has 1 heterocycles. The fraction of sp³-hybridized carbons (Fsp3) is 0.750. The van der Waals surface area contributed by atoms with E-state index in [1.54, 1.807) is 11.3 Å². The summed E-state index contributed by atoms with van der Waals surface area (Å²) in [5.41, 5.74) is 0.0759. The van der Waals surface area contributed by atoms with Crippen molar-refractivity contribution >= 4 is 22.4 Å². The van der Waals surface area contributed by atoms with Gasteiger partial charge < -0.3 is 10.1 Å². The van der Waals surface area contributed by atoms with Gasteiger partial charge >= 0.3 is 5.97 Å². The zero-order chi connectivity index (χ0) is 15.9. The van der Waals surface area contributed by atoms with Gasteiger partial charge in [-0.3, -0.25) is 4.79 Å². The Hall–Kier alpha value is -1.10. The summed E-state index contributed by atoms with van der Waals surface area (Å²) in [5, 5.41) is 6.24. The van der Waals surface area contributed by atoms with Crippen LogP contribution in [0.25, 0.3) is 0 Å². The Kier molecular flexibility index (Phi) is 7.15. The molecule has 4 nitrogen and oxygen atoms in total. The van der Waals surface area contributed by atoms with Crippen LogP contribution in [-0.4, -0.2) is 23.6 Å². The van der Waals surface area contributed by atoms with Crippen LogP contribution in [0.5, 0.6) is 0 Å². The minimum absolute atomic E-state index is 0.224. The molecule has 0 saturated carbocycles. The number of nitrogens with one attached hydrogen (secondary N) is 1. The van der Waals surface area contributed by atoms with E-state index in [2.05, 4.69) is 24.1 Å². The zero-order valence-electron chi connectivity index (χ0n) is 13.9. The SMILES string of the molecule is CCCCCC(C)Nc1nc(C(C)(C)C(=O)OCC)cs1. The molecule has 1 rings (SSSR count). The maximum Gasteiger partial charge on any atom is 0.317 e. The number of carbonyl (C=O) groups is 1. The monoisotopic (exact) mass is 312 g/mol. The van der Waals surface area contributed by atoms with E-state index in [4.69, 9.17) is 4.74 Å². The predicted molar refractivity (Wildman–Crippen MR) is 89.0 cm³/mol. The lowest BCUT2D eigenvalue weighted by Gasteiger charge is -2.19. The van der Waals surface area contributed by atoms with Crippen molar-refractivity contribution in [2.75, 3.05) is 11.9 Å². The van der Waals surface area contributed by atoms with Gasteiger partial charge in [-0.2, -0.15) is 0 Å². The molecular formula is C16H28N2O2S. The summed E-state index contributed by atoms with van der Waals surface area (Å²) in [6, 6.07) is 0.404. The first-order valence-electron chi connectivity index (χ1n) is 7.81. The highest BCUT2D eigenvalue weighted by molar-refractivity contribution is 7.13. The van der Waals surface area contributed by atoms with Crippen molar-refractivity contribution in [3.05, 3.63) is 11.1 Å². The lowest BCUT2D eigenvalue weighted by Crippen LogP contribution is -2.31. The zero-order valence-corrected chi connectivity index (χ0v) is 14.7. The average Bonchev–Trinajstić information content (AvgIpc) is 2.88. The quantitative estimate of drug-likeness (QED) is 0.543. The molecule has 0 aromatic carbocycles. The molecule has 0 aliphatic carbocycles. The molecule has 0 fully saturated rings. The van der Waals surface area contributed by atoms with Gasteiger partial charge in [-0.25, -0.2) is 4.98 Å². The number of carbonyl (C=O) groups excluding carboxylic acids is 1. The maximum atomic E-state index is 12.0. The van der Waals surface area contributed by atoms with Gasteiger partial charge in [0.05, 0.1) is 12.3 Å². The number of unbranched alkanes of at least 4 members (excludes halogenated alkanes) is 2. The fourth-order valence-corrected chi connectivity index (χ4v) is 3.02. The van der Waals surface area contributed by atoms with Crippen LogP contribution < -0.4 is 5.32 Å². The molecule has 0 spiro atoms. The molecule has 21 heavy (non-hydrogen) atoms. The number of nitrogens with zero attached hydrogens (tertiary/aromatic N) is 1. The van der Waals surface area contributed by atoms with Gasteiger partial charge in [-0.1, -0.05) is 26.2 Å². The third-order valence-electron chi connectivity index (χ3n) is 3.54. The number of esters is 1. The van der Waals surface area contributed by atoms with Crippen molar-refractivity contribution in [1.82, 2.24) is 4.98 Å². The smallest absolute Gasteiger partial charge is 0.317 e. The van der Waals surface area contributed by atoms with Gasteiger partial charge in [-0.15, -0.1) is 11.3 Å². The summed E-state index contributed by atoms with van der Waals surface area (Å²) in [4.78, 5) is 16.6. The summed E-state index contributed by atoms with van der Waals surface area (Å²) >= 11 is 1.55. The van der Waals surface area contributed by atoms with Gasteiger partial charge in [-0.05, 0) is 34.1 Å². The third-order valence-corrected chi connectivity index (χ3v) is 4.31. The second-order valence-corrected chi connectivity index (χ2v) is 6.78. The van der Waals surface area contributed by atoms with Crippen molar-refractivity contribution in [2.24, 2.45) is 0 Å². The number of ether oxygens (including phenoxy) is 1. The van der Waals surface area contributed by atoms with Crippen LogP contribution in [0.1, 0.15) is 66.0 Å². The summed E-state index contributed by atoms with van der Waals surface area (Å²) < 4.78 is 5.12. The van der Waals surface area contributed by atoms with E-state index in [9.17, 15) is 4.79 Å². The average molecular weight is 312 g/mol. The van der Waals surface area contributed by atoms with E-state index in [1.807, 2.05) is 26.2 Å². The van der Waals surface area contributed by atoms with E-state index < -0.39 is 5.41 Å². The Balaban J connectivity index is 2.62. The molecule has 1 unspecified atom stereocenters. The number of hydrogen-bond acceptors (Lipinski definition) is 5. The lowest BCUT2D eigenvalue weighted by molar-refractivity contribution is -0.148. The molecule has 1 N–H and O–H groups in total. The van der Waals surface area contributed by atoms with Crippen LogP contribution >= 0.6 is 11.3 Å². The Morgan fingerprint density at radius 1 is 1.43 bits per heavy atom. The van der Waals surface area contributed by atoms with Crippen LogP contribution in [0.2, 0.25) is 0 Å². The molecule has 0 bridgehead atoms. The van der Waals surface area contributed by atoms with Crippen molar-refractivity contribution in [3.63, 3.8) is 0 Å². The highest BCUT2D eigenvalue weighted by Crippen LogP contribution is 2.29. The molecule has 1 aromatic heterocycles. The predicted octanol–water partition coefficient (Wildman–Crippen LogP) is 4.36. The fourth-order valence-electron chi connectivity index (χ4n) is 2.03. The first-order valence-corrected chi connectivity index (χ1v) is 8.69. The molecule has 0 aliphatic rings. The van der Waals surface area contributed by atoms with Gasteiger partial charge in [0.15, 0.2) is 5.13 Å². The van der Waals surface area contributed by atoms with Crippen molar-refractivity contribution < 1.29 is 9.53 Å². The number of thiazole rings is 1. The van der Waals surface area contributed by atoms with Crippen LogP contribution in [0.3, 0.4) is 0 Å². The number of hydrogen-bond donors (Lipinski definition) is 1. The van der Waals surface area contributed by atoms with E-state index in [0.29, 0.717) is 12.6 Å². The van der Waals surface area contributed by atoms with Crippen LogP contribution in [0.4, 0.5) is 5.13 Å². The molecular weight excluding hydrogens is 284 g/mol. The minimum Gasteiger partial charge on any atom is -0.465 e. The Morgan fingerprint density at radius 2 is 2.14 bits per heavy atom. The molecule has 120 valence electrons. The third kappa shape index (κ3) is 5.30. The Bertz CT molecular complexity index is 443. The second kappa shape index (κ2) is 8.37. The Morgan fingerprint density at radius 3 is 2.76 bits per heavy atom.